The number of likely N-dealkylation sites (tertiary alicyclic amines) is 1. The SMILES string of the molecule is NC(=O)c1ccccc1NC(=O)CN1CCC(C2OCCO2)CC1. The first-order valence-electron chi connectivity index (χ1n) is 8.28. The maximum absolute atomic E-state index is 12.2. The van der Waals surface area contributed by atoms with Gasteiger partial charge in [-0.25, -0.2) is 0 Å². The average molecular weight is 333 g/mol. The molecule has 3 N–H and O–H groups in total. The molecule has 2 aliphatic rings. The molecule has 1 aromatic carbocycles. The third-order valence-corrected chi connectivity index (χ3v) is 4.50. The number of nitrogens with one attached hydrogen (secondary N) is 1. The predicted molar refractivity (Wildman–Crippen MR) is 88.4 cm³/mol. The van der Waals surface area contributed by atoms with Crippen LogP contribution in [0.4, 0.5) is 5.69 Å². The summed E-state index contributed by atoms with van der Waals surface area (Å²) in [4.78, 5) is 25.7. The highest BCUT2D eigenvalue weighted by molar-refractivity contribution is 6.03. The van der Waals surface area contributed by atoms with Crippen LogP contribution in [0, 0.1) is 5.92 Å². The van der Waals surface area contributed by atoms with Crippen molar-refractivity contribution in [1.29, 1.82) is 0 Å². The maximum atomic E-state index is 12.2. The van der Waals surface area contributed by atoms with Crippen LogP contribution in [0.25, 0.3) is 0 Å². The summed E-state index contributed by atoms with van der Waals surface area (Å²) in [6, 6.07) is 6.76. The number of carbonyl (C=O) groups excluding carboxylic acids is 2. The van der Waals surface area contributed by atoms with Crippen LogP contribution in [-0.2, 0) is 14.3 Å². The van der Waals surface area contributed by atoms with Crippen molar-refractivity contribution in [3.8, 4) is 0 Å². The quantitative estimate of drug-likeness (QED) is 0.831. The van der Waals surface area contributed by atoms with Gasteiger partial charge in [0, 0.05) is 5.92 Å². The summed E-state index contributed by atoms with van der Waals surface area (Å²) in [5.74, 6) is -0.291. The van der Waals surface area contributed by atoms with Crippen LogP contribution in [0.1, 0.15) is 23.2 Å². The molecular weight excluding hydrogens is 310 g/mol. The Labute approximate surface area is 141 Å². The number of carbonyl (C=O) groups is 2. The summed E-state index contributed by atoms with van der Waals surface area (Å²) in [5, 5.41) is 2.77. The van der Waals surface area contributed by atoms with Crippen molar-refractivity contribution in [2.75, 3.05) is 38.2 Å². The lowest BCUT2D eigenvalue weighted by Gasteiger charge is -2.33. The van der Waals surface area contributed by atoms with E-state index in [2.05, 4.69) is 10.2 Å². The molecule has 0 saturated carbocycles. The lowest BCUT2D eigenvalue weighted by Crippen LogP contribution is -2.42. The molecule has 0 aliphatic carbocycles. The van der Waals surface area contributed by atoms with E-state index >= 15 is 0 Å². The number of hydrogen-bond acceptors (Lipinski definition) is 5. The van der Waals surface area contributed by atoms with Crippen LogP contribution >= 0.6 is 0 Å². The van der Waals surface area contributed by atoms with Crippen LogP contribution in [0.5, 0.6) is 0 Å². The molecule has 7 nitrogen and oxygen atoms in total. The van der Waals surface area contributed by atoms with Crippen molar-refractivity contribution in [1.82, 2.24) is 4.90 Å². The minimum absolute atomic E-state index is 0.0802. The molecule has 0 radical (unpaired) electrons. The molecular formula is C17H23N3O4. The van der Waals surface area contributed by atoms with E-state index in [9.17, 15) is 9.59 Å². The maximum Gasteiger partial charge on any atom is 0.250 e. The monoisotopic (exact) mass is 333 g/mol. The van der Waals surface area contributed by atoms with Crippen LogP contribution in [0.2, 0.25) is 0 Å². The van der Waals surface area contributed by atoms with E-state index in [1.807, 2.05) is 0 Å². The number of nitrogens with zero attached hydrogens (tertiary/aromatic N) is 1. The third kappa shape index (κ3) is 4.11. The van der Waals surface area contributed by atoms with E-state index in [-0.39, 0.29) is 12.2 Å². The molecule has 0 unspecified atom stereocenters. The van der Waals surface area contributed by atoms with Crippen LogP contribution in [-0.4, -0.2) is 55.9 Å². The molecule has 24 heavy (non-hydrogen) atoms. The fourth-order valence-electron chi connectivity index (χ4n) is 3.23. The Bertz CT molecular complexity index is 593. The standard InChI is InChI=1S/C17H23N3O4/c18-16(22)13-3-1-2-4-14(13)19-15(21)11-20-7-5-12(6-8-20)17-23-9-10-24-17/h1-4,12,17H,5-11H2,(H2,18,22)(H,19,21). The zero-order valence-electron chi connectivity index (χ0n) is 13.6. The minimum atomic E-state index is -0.553. The van der Waals surface area contributed by atoms with Crippen molar-refractivity contribution in [2.45, 2.75) is 19.1 Å². The summed E-state index contributed by atoms with van der Waals surface area (Å²) >= 11 is 0. The normalized spacial score (nSPS) is 20.2. The van der Waals surface area contributed by atoms with E-state index in [1.54, 1.807) is 24.3 Å². The first kappa shape index (κ1) is 16.9. The Hall–Kier alpha value is -1.96. The topological polar surface area (TPSA) is 93.9 Å². The lowest BCUT2D eigenvalue weighted by atomic mass is 9.96. The van der Waals surface area contributed by atoms with Crippen molar-refractivity contribution in [3.63, 3.8) is 0 Å². The molecule has 0 bridgehead atoms. The second-order valence-corrected chi connectivity index (χ2v) is 6.18. The summed E-state index contributed by atoms with van der Waals surface area (Å²) in [6.45, 7) is 3.31. The van der Waals surface area contributed by atoms with Gasteiger partial charge in [0.2, 0.25) is 5.91 Å². The largest absolute Gasteiger partial charge is 0.366 e. The Morgan fingerprint density at radius 2 is 1.83 bits per heavy atom. The molecule has 0 atom stereocenters. The Morgan fingerprint density at radius 1 is 1.17 bits per heavy atom. The number of nitrogens with two attached hydrogens (primary N) is 1. The fraction of sp³-hybridized carbons (Fsp3) is 0.529. The number of benzene rings is 1. The van der Waals surface area contributed by atoms with Gasteiger partial charge in [-0.3, -0.25) is 14.5 Å². The van der Waals surface area contributed by atoms with Crippen molar-refractivity contribution in [3.05, 3.63) is 29.8 Å². The summed E-state index contributed by atoms with van der Waals surface area (Å²) < 4.78 is 11.1. The average Bonchev–Trinajstić information content (AvgIpc) is 3.10. The highest BCUT2D eigenvalue weighted by atomic mass is 16.7. The molecule has 7 heteroatoms. The number of hydrogen-bond donors (Lipinski definition) is 2. The number of primary amides is 1. The van der Waals surface area contributed by atoms with Crippen LogP contribution < -0.4 is 11.1 Å². The molecule has 2 amide bonds. The van der Waals surface area contributed by atoms with E-state index in [1.165, 1.54) is 0 Å². The third-order valence-electron chi connectivity index (χ3n) is 4.50. The van der Waals surface area contributed by atoms with Gasteiger partial charge in [-0.2, -0.15) is 0 Å². The van der Waals surface area contributed by atoms with Gasteiger partial charge in [0.05, 0.1) is 31.0 Å². The predicted octanol–water partition coefficient (Wildman–Crippen LogP) is 0.809. The highest BCUT2D eigenvalue weighted by Crippen LogP contribution is 2.25. The first-order chi connectivity index (χ1) is 11.6. The summed E-state index contributed by atoms with van der Waals surface area (Å²) in [7, 11) is 0. The van der Waals surface area contributed by atoms with Gasteiger partial charge in [0.1, 0.15) is 0 Å². The molecule has 0 spiro atoms. The molecule has 2 aliphatic heterocycles. The molecule has 130 valence electrons. The number of rotatable bonds is 5. The Balaban J connectivity index is 1.48. The second-order valence-electron chi connectivity index (χ2n) is 6.18. The van der Waals surface area contributed by atoms with Gasteiger partial charge in [-0.1, -0.05) is 12.1 Å². The van der Waals surface area contributed by atoms with Crippen LogP contribution in [0.3, 0.4) is 0 Å². The van der Waals surface area contributed by atoms with Gasteiger partial charge in [-0.15, -0.1) is 0 Å². The van der Waals surface area contributed by atoms with Crippen LogP contribution in [0.15, 0.2) is 24.3 Å². The molecule has 0 aromatic heterocycles. The van der Waals surface area contributed by atoms with Gasteiger partial charge in [0.15, 0.2) is 6.29 Å². The second kappa shape index (κ2) is 7.74. The number of piperidine rings is 1. The highest BCUT2D eigenvalue weighted by Gasteiger charge is 2.30. The first-order valence-corrected chi connectivity index (χ1v) is 8.28. The number of para-hydroxylation sites is 1. The summed E-state index contributed by atoms with van der Waals surface area (Å²) in [5.41, 5.74) is 6.10. The van der Waals surface area contributed by atoms with E-state index in [4.69, 9.17) is 15.2 Å². The van der Waals surface area contributed by atoms with Crippen molar-refractivity contribution < 1.29 is 19.1 Å². The smallest absolute Gasteiger partial charge is 0.250 e. The minimum Gasteiger partial charge on any atom is -0.366 e. The van der Waals surface area contributed by atoms with E-state index < -0.39 is 5.91 Å². The molecule has 1 aromatic rings. The molecule has 3 rings (SSSR count). The van der Waals surface area contributed by atoms with Gasteiger partial charge >= 0.3 is 0 Å². The van der Waals surface area contributed by atoms with Gasteiger partial charge in [-0.05, 0) is 38.1 Å². The zero-order chi connectivity index (χ0) is 16.9. The molecule has 2 fully saturated rings. The molecule has 2 heterocycles. The molecule has 2 saturated heterocycles. The fourth-order valence-corrected chi connectivity index (χ4v) is 3.23. The summed E-state index contributed by atoms with van der Waals surface area (Å²) in [6.07, 6.45) is 1.83. The van der Waals surface area contributed by atoms with Crippen molar-refractivity contribution in [2.24, 2.45) is 11.7 Å². The zero-order valence-corrected chi connectivity index (χ0v) is 13.6. The lowest BCUT2D eigenvalue weighted by molar-refractivity contribution is -0.119. The van der Waals surface area contributed by atoms with Crippen molar-refractivity contribution >= 4 is 17.5 Å². The number of ether oxygens (including phenoxy) is 2. The number of anilines is 1. The van der Waals surface area contributed by atoms with Gasteiger partial charge < -0.3 is 20.5 Å². The number of amides is 2. The Kier molecular flexibility index (Phi) is 5.44. The van der Waals surface area contributed by atoms with Gasteiger partial charge in [0.25, 0.3) is 5.91 Å². The van der Waals surface area contributed by atoms with E-state index in [0.29, 0.717) is 36.9 Å². The van der Waals surface area contributed by atoms with E-state index in [0.717, 1.165) is 25.9 Å². The Morgan fingerprint density at radius 3 is 2.50 bits per heavy atom.